The average Bonchev–Trinajstić information content (AvgIpc) is 3.38. The van der Waals surface area contributed by atoms with Gasteiger partial charge in [-0.1, -0.05) is 13.0 Å². The minimum atomic E-state index is 0.636. The van der Waals surface area contributed by atoms with Gasteiger partial charge in [-0.15, -0.1) is 0 Å². The van der Waals surface area contributed by atoms with E-state index in [4.69, 9.17) is 0 Å². The first-order valence-electron chi connectivity index (χ1n) is 10.7. The summed E-state index contributed by atoms with van der Waals surface area (Å²) < 4.78 is 2.22. The topological polar surface area (TPSA) is 37.2 Å². The van der Waals surface area contributed by atoms with Gasteiger partial charge in [0.15, 0.2) is 0 Å². The number of hydrogen-bond donors (Lipinski definition) is 0. The van der Waals surface area contributed by atoms with E-state index in [1.807, 2.05) is 30.7 Å². The molecule has 29 heavy (non-hydrogen) atoms. The summed E-state index contributed by atoms with van der Waals surface area (Å²) in [6.07, 6.45) is 10.4. The van der Waals surface area contributed by atoms with Crippen LogP contribution < -0.4 is 0 Å². The van der Waals surface area contributed by atoms with Crippen LogP contribution in [0, 0.1) is 6.92 Å². The number of hydrogen-bond acceptors (Lipinski definition) is 4. The second-order valence-corrected chi connectivity index (χ2v) is 8.02. The Balaban J connectivity index is 1.56. The van der Waals surface area contributed by atoms with Crippen LogP contribution in [0.2, 0.25) is 0 Å². The molecule has 3 aromatic heterocycles. The largest absolute Gasteiger partial charge is 0.304 e. The SMILES string of the molecule is CCN1CCCC1CN(Cc1cccnc1)Cc1cccn1-c1cc(C)ccn1. The van der Waals surface area contributed by atoms with Crippen molar-refractivity contribution in [3.8, 4) is 5.82 Å². The fourth-order valence-corrected chi connectivity index (χ4v) is 4.40. The van der Waals surface area contributed by atoms with Gasteiger partial charge in [-0.3, -0.25) is 14.8 Å². The van der Waals surface area contributed by atoms with Crippen molar-refractivity contribution < 1.29 is 0 Å². The Morgan fingerprint density at radius 2 is 2.07 bits per heavy atom. The Morgan fingerprint density at radius 1 is 1.14 bits per heavy atom. The predicted octanol–water partition coefficient (Wildman–Crippen LogP) is 4.06. The molecule has 152 valence electrons. The van der Waals surface area contributed by atoms with E-state index < -0.39 is 0 Å². The third-order valence-electron chi connectivity index (χ3n) is 5.87. The van der Waals surface area contributed by atoms with Crippen LogP contribution in [0.3, 0.4) is 0 Å². The molecule has 5 heteroatoms. The van der Waals surface area contributed by atoms with Crippen molar-refractivity contribution in [2.75, 3.05) is 19.6 Å². The molecule has 1 saturated heterocycles. The third-order valence-corrected chi connectivity index (χ3v) is 5.87. The molecule has 3 aromatic rings. The molecule has 1 fully saturated rings. The average molecular weight is 390 g/mol. The fourth-order valence-electron chi connectivity index (χ4n) is 4.40. The zero-order valence-corrected chi connectivity index (χ0v) is 17.5. The third kappa shape index (κ3) is 4.92. The summed E-state index contributed by atoms with van der Waals surface area (Å²) >= 11 is 0. The Kier molecular flexibility index (Phi) is 6.37. The number of aromatic nitrogens is 3. The molecule has 0 aromatic carbocycles. The van der Waals surface area contributed by atoms with Crippen LogP contribution in [0.4, 0.5) is 0 Å². The first-order chi connectivity index (χ1) is 14.2. The van der Waals surface area contributed by atoms with Crippen LogP contribution in [0.1, 0.15) is 36.6 Å². The normalized spacial score (nSPS) is 17.3. The smallest absolute Gasteiger partial charge is 0.137 e. The van der Waals surface area contributed by atoms with Crippen molar-refractivity contribution >= 4 is 0 Å². The molecule has 0 aliphatic carbocycles. The van der Waals surface area contributed by atoms with Crippen molar-refractivity contribution in [2.24, 2.45) is 0 Å². The number of likely N-dealkylation sites (tertiary alicyclic amines) is 1. The summed E-state index contributed by atoms with van der Waals surface area (Å²) in [6, 6.07) is 13.4. The molecule has 0 saturated carbocycles. The first kappa shape index (κ1) is 19.8. The van der Waals surface area contributed by atoms with Crippen LogP contribution in [0.15, 0.2) is 61.2 Å². The van der Waals surface area contributed by atoms with Gasteiger partial charge in [0.05, 0.1) is 0 Å². The second kappa shape index (κ2) is 9.33. The van der Waals surface area contributed by atoms with Gasteiger partial charge in [0.1, 0.15) is 5.82 Å². The van der Waals surface area contributed by atoms with Gasteiger partial charge in [-0.2, -0.15) is 0 Å². The molecule has 1 atom stereocenters. The van der Waals surface area contributed by atoms with Crippen LogP contribution in [0.25, 0.3) is 5.82 Å². The maximum atomic E-state index is 4.59. The second-order valence-electron chi connectivity index (χ2n) is 8.02. The van der Waals surface area contributed by atoms with Crippen LogP contribution in [-0.4, -0.2) is 50.0 Å². The standard InChI is InChI=1S/C24H31N5/c1-3-28-13-5-8-22(28)18-27(17-21-7-4-11-25-16-21)19-23-9-6-14-29(23)24-15-20(2)10-12-26-24/h4,6-7,9-12,14-16,22H,3,5,8,13,17-19H2,1-2H3. The molecule has 1 aliphatic rings. The maximum absolute atomic E-state index is 4.59. The van der Waals surface area contributed by atoms with E-state index >= 15 is 0 Å². The van der Waals surface area contributed by atoms with Crippen molar-refractivity contribution in [3.63, 3.8) is 0 Å². The number of rotatable bonds is 8. The van der Waals surface area contributed by atoms with Gasteiger partial charge in [-0.05, 0) is 74.3 Å². The summed E-state index contributed by atoms with van der Waals surface area (Å²) in [4.78, 5) is 14.1. The lowest BCUT2D eigenvalue weighted by molar-refractivity contribution is 0.164. The summed E-state index contributed by atoms with van der Waals surface area (Å²) in [7, 11) is 0. The lowest BCUT2D eigenvalue weighted by atomic mass is 10.1. The van der Waals surface area contributed by atoms with Crippen LogP contribution in [-0.2, 0) is 13.1 Å². The lowest BCUT2D eigenvalue weighted by Crippen LogP contribution is -2.40. The van der Waals surface area contributed by atoms with Gasteiger partial charge in [0.25, 0.3) is 0 Å². The highest BCUT2D eigenvalue weighted by Gasteiger charge is 2.25. The highest BCUT2D eigenvalue weighted by Crippen LogP contribution is 2.21. The summed E-state index contributed by atoms with van der Waals surface area (Å²) in [5, 5.41) is 0. The quantitative estimate of drug-likeness (QED) is 0.582. The zero-order valence-electron chi connectivity index (χ0n) is 17.5. The van der Waals surface area contributed by atoms with Gasteiger partial charge in [0, 0.05) is 56.2 Å². The molecule has 4 rings (SSSR count). The molecule has 1 aliphatic heterocycles. The highest BCUT2D eigenvalue weighted by atomic mass is 15.2. The predicted molar refractivity (Wildman–Crippen MR) is 117 cm³/mol. The van der Waals surface area contributed by atoms with Gasteiger partial charge in [0.2, 0.25) is 0 Å². The number of pyridine rings is 2. The van der Waals surface area contributed by atoms with Crippen molar-refractivity contribution in [3.05, 3.63) is 78.0 Å². The number of likely N-dealkylation sites (N-methyl/N-ethyl adjacent to an activating group) is 1. The summed E-state index contributed by atoms with van der Waals surface area (Å²) in [6.45, 7) is 9.64. The van der Waals surface area contributed by atoms with Gasteiger partial charge >= 0.3 is 0 Å². The molecule has 0 amide bonds. The Hall–Kier alpha value is -2.50. The monoisotopic (exact) mass is 389 g/mol. The van der Waals surface area contributed by atoms with E-state index in [1.54, 1.807) is 0 Å². The van der Waals surface area contributed by atoms with E-state index in [9.17, 15) is 0 Å². The summed E-state index contributed by atoms with van der Waals surface area (Å²) in [5.74, 6) is 0.988. The molecule has 4 heterocycles. The van der Waals surface area contributed by atoms with E-state index in [2.05, 4.69) is 68.6 Å². The zero-order chi connectivity index (χ0) is 20.1. The Morgan fingerprint density at radius 3 is 2.86 bits per heavy atom. The Bertz CT molecular complexity index is 904. The highest BCUT2D eigenvalue weighted by molar-refractivity contribution is 5.31. The fraction of sp³-hybridized carbons (Fsp3) is 0.417. The van der Waals surface area contributed by atoms with Crippen LogP contribution >= 0.6 is 0 Å². The van der Waals surface area contributed by atoms with Crippen molar-refractivity contribution in [1.82, 2.24) is 24.3 Å². The van der Waals surface area contributed by atoms with Crippen molar-refractivity contribution in [1.29, 1.82) is 0 Å². The number of aryl methyl sites for hydroxylation is 1. The molecule has 1 unspecified atom stereocenters. The van der Waals surface area contributed by atoms with Gasteiger partial charge < -0.3 is 4.57 Å². The van der Waals surface area contributed by atoms with Gasteiger partial charge in [-0.25, -0.2) is 4.98 Å². The molecule has 0 radical (unpaired) electrons. The van der Waals surface area contributed by atoms with Crippen LogP contribution in [0.5, 0.6) is 0 Å². The maximum Gasteiger partial charge on any atom is 0.137 e. The van der Waals surface area contributed by atoms with E-state index in [1.165, 1.54) is 36.2 Å². The summed E-state index contributed by atoms with van der Waals surface area (Å²) in [5.41, 5.74) is 3.76. The molecular formula is C24H31N5. The molecule has 0 bridgehead atoms. The molecular weight excluding hydrogens is 358 g/mol. The van der Waals surface area contributed by atoms with E-state index in [-0.39, 0.29) is 0 Å². The number of nitrogens with zero attached hydrogens (tertiary/aromatic N) is 5. The molecule has 0 N–H and O–H groups in total. The molecule has 5 nitrogen and oxygen atoms in total. The lowest BCUT2D eigenvalue weighted by Gasteiger charge is -2.30. The van der Waals surface area contributed by atoms with Crippen molar-refractivity contribution in [2.45, 2.75) is 45.8 Å². The molecule has 0 spiro atoms. The minimum absolute atomic E-state index is 0.636. The van der Waals surface area contributed by atoms with E-state index in [0.29, 0.717) is 6.04 Å². The van der Waals surface area contributed by atoms with E-state index in [0.717, 1.165) is 32.0 Å². The minimum Gasteiger partial charge on any atom is -0.304 e. The Labute approximate surface area is 174 Å². The first-order valence-corrected chi connectivity index (χ1v) is 10.7.